The highest BCUT2D eigenvalue weighted by Crippen LogP contribution is 2.37. The Morgan fingerprint density at radius 2 is 1.60 bits per heavy atom. The van der Waals surface area contributed by atoms with Gasteiger partial charge in [-0.15, -0.1) is 0 Å². The van der Waals surface area contributed by atoms with E-state index in [4.69, 9.17) is 4.74 Å². The molecule has 2 amide bonds. The number of hydrogen-bond acceptors (Lipinski definition) is 8. The number of nitrogens with zero attached hydrogens (tertiary/aromatic N) is 2. The summed E-state index contributed by atoms with van der Waals surface area (Å²) in [6.45, 7) is 3.13. The molecule has 282 valence electrons. The van der Waals surface area contributed by atoms with Crippen LogP contribution in [0.2, 0.25) is 0 Å². The van der Waals surface area contributed by atoms with E-state index in [2.05, 4.69) is 20.3 Å². The van der Waals surface area contributed by atoms with E-state index in [0.717, 1.165) is 10.5 Å². The van der Waals surface area contributed by atoms with Crippen LogP contribution in [-0.2, 0) is 36.7 Å². The summed E-state index contributed by atoms with van der Waals surface area (Å²) in [5.41, 5.74) is -2.61. The topological polar surface area (TPSA) is 167 Å². The first-order valence-electron chi connectivity index (χ1n) is 15.6. The van der Waals surface area contributed by atoms with Gasteiger partial charge in [-0.25, -0.2) is 13.4 Å². The number of carboxylic acids is 1. The van der Waals surface area contributed by atoms with Crippen LogP contribution in [0.1, 0.15) is 44.6 Å². The lowest BCUT2D eigenvalue weighted by atomic mass is 10.0. The van der Waals surface area contributed by atoms with Gasteiger partial charge in [0.15, 0.2) is 0 Å². The molecule has 1 saturated heterocycles. The Bertz CT molecular complexity index is 1850. The number of anilines is 1. The smallest absolute Gasteiger partial charge is 0.416 e. The number of aryl methyl sites for hydroxylation is 3. The molecular formula is C33H35F6N5O7S. The number of halogens is 6. The highest BCUT2D eigenvalue weighted by Gasteiger charge is 2.41. The first-order chi connectivity index (χ1) is 24.2. The Hall–Kier alpha value is -4.75. The van der Waals surface area contributed by atoms with Gasteiger partial charge in [0.1, 0.15) is 18.5 Å². The van der Waals surface area contributed by atoms with Gasteiger partial charge in [-0.05, 0) is 68.7 Å². The molecule has 0 aliphatic carbocycles. The summed E-state index contributed by atoms with van der Waals surface area (Å²) < 4.78 is 115. The predicted octanol–water partition coefficient (Wildman–Crippen LogP) is 4.30. The van der Waals surface area contributed by atoms with Gasteiger partial charge in [0.05, 0.1) is 28.2 Å². The fraction of sp³-hybridized carbons (Fsp3) is 0.394. The molecular weight excluding hydrogens is 724 g/mol. The summed E-state index contributed by atoms with van der Waals surface area (Å²) >= 11 is 0. The number of benzene rings is 2. The molecule has 3 atom stereocenters. The number of amides is 2. The van der Waals surface area contributed by atoms with Crippen molar-refractivity contribution in [1.29, 1.82) is 0 Å². The summed E-state index contributed by atoms with van der Waals surface area (Å²) in [6, 6.07) is 6.08. The van der Waals surface area contributed by atoms with Crippen LogP contribution in [-0.4, -0.2) is 85.6 Å². The molecule has 1 aliphatic rings. The van der Waals surface area contributed by atoms with E-state index in [1.54, 1.807) is 51.1 Å². The Labute approximate surface area is 294 Å². The minimum absolute atomic E-state index is 0.00323. The number of likely N-dealkylation sites (tertiary alicyclic amines) is 1. The molecule has 0 radical (unpaired) electrons. The number of carboxylic acid groups (broad SMARTS) is 1. The van der Waals surface area contributed by atoms with Crippen molar-refractivity contribution in [2.75, 3.05) is 31.6 Å². The summed E-state index contributed by atoms with van der Waals surface area (Å²) in [5, 5.41) is 14.9. The van der Waals surface area contributed by atoms with Crippen LogP contribution in [0.4, 0.5) is 32.2 Å². The molecule has 0 bridgehead atoms. The van der Waals surface area contributed by atoms with Crippen LogP contribution in [0, 0.1) is 20.8 Å². The van der Waals surface area contributed by atoms with Gasteiger partial charge in [0.2, 0.25) is 15.9 Å². The standard InChI is InChI=1S/C33H35F6N5O7S/c1-18-8-19(2)29(20(3)9-18)52(49,50)43-26(31(47)48)15-42-28(45)17-51-25-13-24(14-41-27-6-4-5-7-40-27)44(16-25)30(46)21-10-22(32(34,35)36)12-23(11-21)33(37,38)39/h4-12,24-26,43H,13-17H2,1-3H3,(H,40,41)(H,42,45)(H,47,48). The molecule has 12 nitrogen and oxygen atoms in total. The first-order valence-corrected chi connectivity index (χ1v) is 17.1. The van der Waals surface area contributed by atoms with Crippen LogP contribution in [0.15, 0.2) is 59.6 Å². The van der Waals surface area contributed by atoms with E-state index < -0.39 is 88.2 Å². The van der Waals surface area contributed by atoms with Gasteiger partial charge >= 0.3 is 18.3 Å². The second-order valence-corrected chi connectivity index (χ2v) is 13.9. The zero-order valence-electron chi connectivity index (χ0n) is 27.9. The molecule has 2 heterocycles. The highest BCUT2D eigenvalue weighted by atomic mass is 32.2. The van der Waals surface area contributed by atoms with Crippen LogP contribution in [0.25, 0.3) is 0 Å². The Morgan fingerprint density at radius 1 is 0.981 bits per heavy atom. The second-order valence-electron chi connectivity index (χ2n) is 12.2. The Balaban J connectivity index is 1.46. The minimum Gasteiger partial charge on any atom is -0.480 e. The number of aromatic nitrogens is 1. The lowest BCUT2D eigenvalue weighted by Crippen LogP contribution is -2.49. The van der Waals surface area contributed by atoms with Gasteiger partial charge in [-0.3, -0.25) is 14.4 Å². The number of hydrogen-bond donors (Lipinski definition) is 4. The number of pyridine rings is 1. The molecule has 52 heavy (non-hydrogen) atoms. The van der Waals surface area contributed by atoms with E-state index in [1.165, 1.54) is 6.20 Å². The summed E-state index contributed by atoms with van der Waals surface area (Å²) in [4.78, 5) is 43.1. The lowest BCUT2D eigenvalue weighted by molar-refractivity contribution is -0.143. The van der Waals surface area contributed by atoms with Crippen molar-refractivity contribution in [3.05, 3.63) is 88.1 Å². The fourth-order valence-electron chi connectivity index (χ4n) is 5.85. The second kappa shape index (κ2) is 15.9. The van der Waals surface area contributed by atoms with E-state index in [0.29, 0.717) is 29.1 Å². The van der Waals surface area contributed by atoms with E-state index >= 15 is 0 Å². The van der Waals surface area contributed by atoms with Crippen molar-refractivity contribution in [3.8, 4) is 0 Å². The van der Waals surface area contributed by atoms with Gasteiger partial charge < -0.3 is 25.4 Å². The zero-order chi connectivity index (χ0) is 38.6. The number of sulfonamides is 1. The molecule has 4 N–H and O–H groups in total. The zero-order valence-corrected chi connectivity index (χ0v) is 28.7. The van der Waals surface area contributed by atoms with Crippen molar-refractivity contribution in [2.24, 2.45) is 0 Å². The maximum atomic E-state index is 13.5. The van der Waals surface area contributed by atoms with E-state index in [1.807, 2.05) is 0 Å². The average molecular weight is 760 g/mol. The van der Waals surface area contributed by atoms with Crippen molar-refractivity contribution >= 4 is 33.6 Å². The molecule has 3 unspecified atom stereocenters. The largest absolute Gasteiger partial charge is 0.480 e. The summed E-state index contributed by atoms with van der Waals surface area (Å²) in [6.07, 6.45) is -9.83. The summed E-state index contributed by atoms with van der Waals surface area (Å²) in [7, 11) is -4.33. The van der Waals surface area contributed by atoms with Crippen LogP contribution in [0.5, 0.6) is 0 Å². The molecule has 2 aromatic carbocycles. The number of aliphatic carboxylic acids is 1. The third kappa shape index (κ3) is 10.2. The molecule has 1 fully saturated rings. The first kappa shape index (κ1) is 40.0. The maximum Gasteiger partial charge on any atom is 0.416 e. The third-order valence-corrected chi connectivity index (χ3v) is 9.85. The van der Waals surface area contributed by atoms with Gasteiger partial charge in [0, 0.05) is 31.4 Å². The molecule has 4 rings (SSSR count). The quantitative estimate of drug-likeness (QED) is 0.186. The van der Waals surface area contributed by atoms with Gasteiger partial charge in [0.25, 0.3) is 5.91 Å². The normalized spacial score (nSPS) is 17.1. The molecule has 3 aromatic rings. The van der Waals surface area contributed by atoms with Crippen LogP contribution >= 0.6 is 0 Å². The number of ether oxygens (including phenoxy) is 1. The van der Waals surface area contributed by atoms with Crippen molar-refractivity contribution in [2.45, 2.75) is 62.6 Å². The molecule has 1 aromatic heterocycles. The number of carbonyl (C=O) groups is 3. The third-order valence-electron chi connectivity index (χ3n) is 8.08. The number of nitrogens with one attached hydrogen (secondary N) is 3. The number of alkyl halides is 6. The molecule has 1 aliphatic heterocycles. The van der Waals surface area contributed by atoms with Crippen molar-refractivity contribution in [1.82, 2.24) is 19.9 Å². The van der Waals surface area contributed by atoms with E-state index in [-0.39, 0.29) is 30.5 Å². The molecule has 0 spiro atoms. The van der Waals surface area contributed by atoms with Gasteiger partial charge in [-0.2, -0.15) is 31.1 Å². The van der Waals surface area contributed by atoms with Crippen LogP contribution in [0.3, 0.4) is 0 Å². The number of rotatable bonds is 13. The SMILES string of the molecule is Cc1cc(C)c(S(=O)(=O)NC(CNC(=O)COC2CC(CNc3ccccn3)N(C(=O)c3cc(C(F)(F)F)cc(C(F)(F)F)c3)C2)C(=O)O)c(C)c1. The summed E-state index contributed by atoms with van der Waals surface area (Å²) in [5.74, 6) is -3.22. The van der Waals surface area contributed by atoms with Gasteiger partial charge in [-0.1, -0.05) is 23.8 Å². The minimum atomic E-state index is -5.18. The molecule has 19 heteroatoms. The number of carbonyl (C=O) groups excluding carboxylic acids is 2. The molecule has 0 saturated carbocycles. The Morgan fingerprint density at radius 3 is 2.13 bits per heavy atom. The average Bonchev–Trinajstić information content (AvgIpc) is 3.46. The van der Waals surface area contributed by atoms with Crippen molar-refractivity contribution in [3.63, 3.8) is 0 Å². The monoisotopic (exact) mass is 759 g/mol. The predicted molar refractivity (Wildman–Crippen MR) is 174 cm³/mol. The lowest BCUT2D eigenvalue weighted by Gasteiger charge is -2.25. The highest BCUT2D eigenvalue weighted by molar-refractivity contribution is 7.89. The van der Waals surface area contributed by atoms with Crippen LogP contribution < -0.4 is 15.4 Å². The fourth-order valence-corrected chi connectivity index (χ4v) is 7.49. The van der Waals surface area contributed by atoms with E-state index in [9.17, 15) is 54.3 Å². The Kier molecular flexibility index (Phi) is 12.2. The maximum absolute atomic E-state index is 13.5. The van der Waals surface area contributed by atoms with Crippen molar-refractivity contribution < 1.29 is 59.0 Å².